The van der Waals surface area contributed by atoms with E-state index in [2.05, 4.69) is 15.9 Å². The molecule has 0 unspecified atom stereocenters. The van der Waals surface area contributed by atoms with Gasteiger partial charge in [0.25, 0.3) is 0 Å². The second kappa shape index (κ2) is 3.38. The molecule has 0 spiro atoms. The van der Waals surface area contributed by atoms with Crippen molar-refractivity contribution in [1.82, 2.24) is 0 Å². The Morgan fingerprint density at radius 3 is 2.62 bits per heavy atom. The highest BCUT2D eigenvalue weighted by Gasteiger charge is 2.13. The normalized spacial score (nSPS) is 13.9. The zero-order chi connectivity index (χ0) is 9.26. The Morgan fingerprint density at radius 1 is 1.23 bits per heavy atom. The Hall–Kier alpha value is -1.03. The number of hydrogen-bond acceptors (Lipinski definition) is 3. The third-order valence-electron chi connectivity index (χ3n) is 1.77. The molecule has 0 amide bonds. The standard InChI is InChI=1S/C9H7BrO3/c10-9(11)6-1-2-7-8(5-6)13-4-3-12-7/h1-2,5H,3-4H2. The summed E-state index contributed by atoms with van der Waals surface area (Å²) in [5.74, 6) is 1.33. The molecule has 0 saturated heterocycles. The summed E-state index contributed by atoms with van der Waals surface area (Å²) in [6.45, 7) is 1.10. The number of benzene rings is 1. The summed E-state index contributed by atoms with van der Waals surface area (Å²) in [5.41, 5.74) is 0.573. The first kappa shape index (κ1) is 8.56. The largest absolute Gasteiger partial charge is 0.486 e. The van der Waals surface area contributed by atoms with Crippen molar-refractivity contribution in [2.45, 2.75) is 0 Å². The minimum atomic E-state index is -0.149. The van der Waals surface area contributed by atoms with Gasteiger partial charge in [-0.1, -0.05) is 0 Å². The molecule has 0 fully saturated rings. The van der Waals surface area contributed by atoms with E-state index in [0.717, 1.165) is 0 Å². The van der Waals surface area contributed by atoms with Crippen molar-refractivity contribution < 1.29 is 14.3 Å². The highest BCUT2D eigenvalue weighted by atomic mass is 79.9. The van der Waals surface area contributed by atoms with E-state index in [9.17, 15) is 4.79 Å². The second-order valence-electron chi connectivity index (χ2n) is 2.63. The Labute approximate surface area is 83.8 Å². The molecule has 1 aliphatic heterocycles. The molecule has 0 aromatic heterocycles. The van der Waals surface area contributed by atoms with Gasteiger partial charge >= 0.3 is 0 Å². The van der Waals surface area contributed by atoms with Crippen LogP contribution in [-0.4, -0.2) is 17.9 Å². The summed E-state index contributed by atoms with van der Waals surface area (Å²) in [6.07, 6.45) is 0. The van der Waals surface area contributed by atoms with E-state index in [1.54, 1.807) is 18.2 Å². The van der Waals surface area contributed by atoms with Crippen molar-refractivity contribution >= 4 is 20.6 Å². The molecule has 13 heavy (non-hydrogen) atoms. The Bertz CT molecular complexity index is 349. The number of fused-ring (bicyclic) bond motifs is 1. The van der Waals surface area contributed by atoms with E-state index >= 15 is 0 Å². The van der Waals surface area contributed by atoms with Crippen LogP contribution in [0.2, 0.25) is 0 Å². The minimum absolute atomic E-state index is 0.149. The number of halogens is 1. The maximum absolute atomic E-state index is 11.0. The van der Waals surface area contributed by atoms with Crippen LogP contribution < -0.4 is 9.47 Å². The fourth-order valence-corrected chi connectivity index (χ4v) is 1.41. The second-order valence-corrected chi connectivity index (χ2v) is 3.35. The van der Waals surface area contributed by atoms with Gasteiger partial charge in [0.1, 0.15) is 13.2 Å². The first-order valence-electron chi connectivity index (χ1n) is 3.87. The molecule has 0 atom stereocenters. The van der Waals surface area contributed by atoms with E-state index in [1.807, 2.05) is 0 Å². The topological polar surface area (TPSA) is 35.5 Å². The quantitative estimate of drug-likeness (QED) is 0.707. The number of carbonyl (C=O) groups excluding carboxylic acids is 1. The van der Waals surface area contributed by atoms with Gasteiger partial charge in [-0.05, 0) is 34.1 Å². The van der Waals surface area contributed by atoms with E-state index in [-0.39, 0.29) is 4.69 Å². The summed E-state index contributed by atoms with van der Waals surface area (Å²) in [7, 11) is 0. The lowest BCUT2D eigenvalue weighted by Gasteiger charge is -2.18. The maximum Gasteiger partial charge on any atom is 0.228 e. The smallest absolute Gasteiger partial charge is 0.228 e. The highest BCUT2D eigenvalue weighted by Crippen LogP contribution is 2.31. The molecule has 1 aliphatic rings. The summed E-state index contributed by atoms with van der Waals surface area (Å²) in [5, 5.41) is 0. The Morgan fingerprint density at radius 2 is 1.92 bits per heavy atom. The van der Waals surface area contributed by atoms with Crippen LogP contribution in [0.15, 0.2) is 18.2 Å². The molecule has 0 saturated carbocycles. The maximum atomic E-state index is 11.0. The fourth-order valence-electron chi connectivity index (χ4n) is 1.17. The third-order valence-corrected chi connectivity index (χ3v) is 2.23. The van der Waals surface area contributed by atoms with Crippen LogP contribution in [0.1, 0.15) is 10.4 Å². The molecule has 2 rings (SSSR count). The predicted octanol–water partition coefficient (Wildman–Crippen LogP) is 1.99. The molecule has 1 heterocycles. The van der Waals surface area contributed by atoms with E-state index in [4.69, 9.17) is 9.47 Å². The van der Waals surface area contributed by atoms with Crippen molar-refractivity contribution in [3.05, 3.63) is 23.8 Å². The number of hydrogen-bond donors (Lipinski definition) is 0. The number of carbonyl (C=O) groups is 1. The van der Waals surface area contributed by atoms with Gasteiger partial charge in [0.15, 0.2) is 11.5 Å². The van der Waals surface area contributed by atoms with Gasteiger partial charge < -0.3 is 9.47 Å². The molecular weight excluding hydrogens is 236 g/mol. The zero-order valence-electron chi connectivity index (χ0n) is 6.75. The molecule has 1 aromatic carbocycles. The van der Waals surface area contributed by atoms with Gasteiger partial charge in [-0.15, -0.1) is 0 Å². The van der Waals surface area contributed by atoms with Gasteiger partial charge in [-0.25, -0.2) is 0 Å². The van der Waals surface area contributed by atoms with Gasteiger partial charge in [0, 0.05) is 5.56 Å². The van der Waals surface area contributed by atoms with Crippen LogP contribution in [0.5, 0.6) is 11.5 Å². The molecule has 0 aliphatic carbocycles. The lowest BCUT2D eigenvalue weighted by Crippen LogP contribution is -2.15. The molecule has 0 N–H and O–H groups in total. The van der Waals surface area contributed by atoms with E-state index in [0.29, 0.717) is 30.3 Å². The average molecular weight is 243 g/mol. The summed E-state index contributed by atoms with van der Waals surface area (Å²) in [6, 6.07) is 5.11. The SMILES string of the molecule is O=C(Br)c1ccc2c(c1)OCCO2. The molecule has 4 heteroatoms. The van der Waals surface area contributed by atoms with Crippen LogP contribution in [0, 0.1) is 0 Å². The monoisotopic (exact) mass is 242 g/mol. The summed E-state index contributed by atoms with van der Waals surface area (Å²) >= 11 is 2.88. The van der Waals surface area contributed by atoms with Crippen molar-refractivity contribution in [2.75, 3.05) is 13.2 Å². The van der Waals surface area contributed by atoms with Gasteiger partial charge in [-0.3, -0.25) is 4.79 Å². The summed E-state index contributed by atoms with van der Waals surface area (Å²) < 4.78 is 10.5. The lowest BCUT2D eigenvalue weighted by molar-refractivity contribution is 0.109. The zero-order valence-corrected chi connectivity index (χ0v) is 8.33. The molecular formula is C9H7BrO3. The first-order valence-corrected chi connectivity index (χ1v) is 4.66. The Balaban J connectivity index is 2.40. The van der Waals surface area contributed by atoms with Crippen LogP contribution in [0.4, 0.5) is 0 Å². The first-order chi connectivity index (χ1) is 6.27. The highest BCUT2D eigenvalue weighted by molar-refractivity contribution is 9.18. The van der Waals surface area contributed by atoms with Crippen molar-refractivity contribution in [3.63, 3.8) is 0 Å². The van der Waals surface area contributed by atoms with Crippen molar-refractivity contribution in [3.8, 4) is 11.5 Å². The van der Waals surface area contributed by atoms with Gasteiger partial charge in [0.2, 0.25) is 4.69 Å². The van der Waals surface area contributed by atoms with Crippen LogP contribution in [0.25, 0.3) is 0 Å². The predicted molar refractivity (Wildman–Crippen MR) is 50.7 cm³/mol. The molecule has 1 aromatic rings. The molecule has 0 radical (unpaired) electrons. The van der Waals surface area contributed by atoms with Crippen molar-refractivity contribution in [1.29, 1.82) is 0 Å². The average Bonchev–Trinajstić information content (AvgIpc) is 2.17. The van der Waals surface area contributed by atoms with Crippen molar-refractivity contribution in [2.24, 2.45) is 0 Å². The van der Waals surface area contributed by atoms with Gasteiger partial charge in [0.05, 0.1) is 0 Å². The molecule has 68 valence electrons. The van der Waals surface area contributed by atoms with E-state index < -0.39 is 0 Å². The third kappa shape index (κ3) is 1.67. The number of rotatable bonds is 1. The fraction of sp³-hybridized carbons (Fsp3) is 0.222. The van der Waals surface area contributed by atoms with Crippen LogP contribution >= 0.6 is 15.9 Å². The number of ether oxygens (including phenoxy) is 2. The molecule has 0 bridgehead atoms. The Kier molecular flexibility index (Phi) is 2.22. The van der Waals surface area contributed by atoms with Crippen LogP contribution in [-0.2, 0) is 0 Å². The summed E-state index contributed by atoms with van der Waals surface area (Å²) in [4.78, 5) is 11.0. The minimum Gasteiger partial charge on any atom is -0.486 e. The molecule has 3 nitrogen and oxygen atoms in total. The lowest BCUT2D eigenvalue weighted by atomic mass is 10.2. The van der Waals surface area contributed by atoms with Gasteiger partial charge in [-0.2, -0.15) is 0 Å². The van der Waals surface area contributed by atoms with Crippen LogP contribution in [0.3, 0.4) is 0 Å². The van der Waals surface area contributed by atoms with E-state index in [1.165, 1.54) is 0 Å².